The van der Waals surface area contributed by atoms with Gasteiger partial charge in [0.05, 0.1) is 0 Å². The van der Waals surface area contributed by atoms with Crippen LogP contribution in [0, 0.1) is 20.8 Å². The van der Waals surface area contributed by atoms with Crippen LogP contribution in [0.3, 0.4) is 0 Å². The molecule has 0 bridgehead atoms. The molecule has 2 aromatic carbocycles. The van der Waals surface area contributed by atoms with Crippen molar-refractivity contribution in [2.24, 2.45) is 0 Å². The maximum atomic E-state index is 12.5. The summed E-state index contributed by atoms with van der Waals surface area (Å²) in [7, 11) is 0. The summed E-state index contributed by atoms with van der Waals surface area (Å²) in [5.41, 5.74) is 3.96. The lowest BCUT2D eigenvalue weighted by atomic mass is 10.1. The predicted molar refractivity (Wildman–Crippen MR) is 95.4 cm³/mol. The van der Waals surface area contributed by atoms with Crippen LogP contribution in [0.15, 0.2) is 36.4 Å². The Morgan fingerprint density at radius 3 is 2.57 bits per heavy atom. The van der Waals surface area contributed by atoms with Gasteiger partial charge in [-0.3, -0.25) is 4.79 Å². The number of carbonyl (C=O) groups is 1. The lowest BCUT2D eigenvalue weighted by molar-refractivity contribution is -0.122. The molecular formula is C19H22ClNO2. The van der Waals surface area contributed by atoms with Crippen LogP contribution in [-0.2, 0) is 4.79 Å². The minimum atomic E-state index is -0.546. The van der Waals surface area contributed by atoms with Gasteiger partial charge in [-0.1, -0.05) is 30.7 Å². The maximum absolute atomic E-state index is 12.5. The highest BCUT2D eigenvalue weighted by atomic mass is 35.5. The summed E-state index contributed by atoms with van der Waals surface area (Å²) in [5, 5.41) is 3.64. The van der Waals surface area contributed by atoms with E-state index in [1.807, 2.05) is 52.0 Å². The van der Waals surface area contributed by atoms with E-state index in [2.05, 4.69) is 5.32 Å². The van der Waals surface area contributed by atoms with Crippen molar-refractivity contribution in [2.75, 3.05) is 5.32 Å². The second-order valence-electron chi connectivity index (χ2n) is 5.66. The summed E-state index contributed by atoms with van der Waals surface area (Å²) in [6.45, 7) is 7.85. The van der Waals surface area contributed by atoms with E-state index < -0.39 is 6.10 Å². The quantitative estimate of drug-likeness (QED) is 0.831. The molecular weight excluding hydrogens is 310 g/mol. The molecule has 0 aliphatic carbocycles. The number of aryl methyl sites for hydroxylation is 2. The van der Waals surface area contributed by atoms with E-state index in [0.29, 0.717) is 17.2 Å². The van der Waals surface area contributed by atoms with Crippen LogP contribution in [0.25, 0.3) is 0 Å². The third-order valence-electron chi connectivity index (χ3n) is 3.93. The van der Waals surface area contributed by atoms with Crippen LogP contribution in [0.4, 0.5) is 5.69 Å². The van der Waals surface area contributed by atoms with E-state index in [1.54, 1.807) is 12.1 Å². The van der Waals surface area contributed by atoms with Crippen molar-refractivity contribution in [2.45, 2.75) is 40.2 Å². The number of hydrogen-bond acceptors (Lipinski definition) is 2. The molecule has 122 valence electrons. The number of rotatable bonds is 5. The van der Waals surface area contributed by atoms with E-state index in [-0.39, 0.29) is 5.91 Å². The highest BCUT2D eigenvalue weighted by Crippen LogP contribution is 2.23. The molecule has 0 saturated carbocycles. The Balaban J connectivity index is 2.12. The van der Waals surface area contributed by atoms with Crippen LogP contribution in [0.2, 0.25) is 5.02 Å². The number of anilines is 1. The average molecular weight is 332 g/mol. The molecule has 1 N–H and O–H groups in total. The molecule has 0 aromatic heterocycles. The topological polar surface area (TPSA) is 38.3 Å². The van der Waals surface area contributed by atoms with E-state index in [4.69, 9.17) is 16.3 Å². The van der Waals surface area contributed by atoms with Crippen molar-refractivity contribution in [1.29, 1.82) is 0 Å². The summed E-state index contributed by atoms with van der Waals surface area (Å²) < 4.78 is 5.83. The minimum absolute atomic E-state index is 0.145. The molecule has 0 fully saturated rings. The number of amides is 1. The number of carbonyl (C=O) groups excluding carboxylic acids is 1. The van der Waals surface area contributed by atoms with Gasteiger partial charge < -0.3 is 10.1 Å². The third kappa shape index (κ3) is 4.26. The van der Waals surface area contributed by atoms with Gasteiger partial charge in [0.2, 0.25) is 0 Å². The van der Waals surface area contributed by atoms with Crippen LogP contribution >= 0.6 is 11.6 Å². The first kappa shape index (κ1) is 17.4. The second kappa shape index (κ2) is 7.51. The summed E-state index contributed by atoms with van der Waals surface area (Å²) in [4.78, 5) is 12.5. The number of ether oxygens (including phenoxy) is 1. The van der Waals surface area contributed by atoms with E-state index in [1.165, 1.54) is 0 Å². The Hall–Kier alpha value is -2.00. The minimum Gasteiger partial charge on any atom is -0.481 e. The molecule has 2 aromatic rings. The monoisotopic (exact) mass is 331 g/mol. The smallest absolute Gasteiger partial charge is 0.265 e. The molecule has 0 radical (unpaired) electrons. The van der Waals surface area contributed by atoms with Crippen LogP contribution in [0.1, 0.15) is 30.0 Å². The fourth-order valence-electron chi connectivity index (χ4n) is 2.28. The molecule has 0 aliphatic heterocycles. The SMILES string of the molecule is CC[C@@H](Oc1ccc(Cl)c(C)c1)C(=O)Nc1cccc(C)c1C. The lowest BCUT2D eigenvalue weighted by Crippen LogP contribution is -2.32. The van der Waals surface area contributed by atoms with Gasteiger partial charge in [0.1, 0.15) is 5.75 Å². The van der Waals surface area contributed by atoms with E-state index in [0.717, 1.165) is 22.4 Å². The Labute approximate surface area is 142 Å². The van der Waals surface area contributed by atoms with E-state index >= 15 is 0 Å². The first-order chi connectivity index (χ1) is 10.9. The molecule has 1 atom stereocenters. The normalized spacial score (nSPS) is 11.9. The molecule has 0 heterocycles. The summed E-state index contributed by atoms with van der Waals surface area (Å²) >= 11 is 6.02. The molecule has 0 unspecified atom stereocenters. The highest BCUT2D eigenvalue weighted by molar-refractivity contribution is 6.31. The Bertz CT molecular complexity index is 713. The number of benzene rings is 2. The van der Waals surface area contributed by atoms with Gasteiger partial charge in [-0.15, -0.1) is 0 Å². The average Bonchev–Trinajstić information content (AvgIpc) is 2.52. The van der Waals surface area contributed by atoms with Crippen molar-refractivity contribution in [3.63, 3.8) is 0 Å². The van der Waals surface area contributed by atoms with Crippen molar-refractivity contribution in [3.05, 3.63) is 58.1 Å². The number of nitrogens with one attached hydrogen (secondary N) is 1. The Kier molecular flexibility index (Phi) is 5.67. The molecule has 0 spiro atoms. The Morgan fingerprint density at radius 1 is 1.17 bits per heavy atom. The van der Waals surface area contributed by atoms with Crippen molar-refractivity contribution < 1.29 is 9.53 Å². The maximum Gasteiger partial charge on any atom is 0.265 e. The van der Waals surface area contributed by atoms with Gasteiger partial charge >= 0.3 is 0 Å². The zero-order valence-corrected chi connectivity index (χ0v) is 14.7. The third-order valence-corrected chi connectivity index (χ3v) is 4.36. The van der Waals surface area contributed by atoms with Gasteiger partial charge in [-0.2, -0.15) is 0 Å². The summed E-state index contributed by atoms with van der Waals surface area (Å²) in [6.07, 6.45) is 0.0359. The number of hydrogen-bond donors (Lipinski definition) is 1. The van der Waals surface area contributed by atoms with E-state index in [9.17, 15) is 4.79 Å². The fraction of sp³-hybridized carbons (Fsp3) is 0.316. The molecule has 23 heavy (non-hydrogen) atoms. The van der Waals surface area contributed by atoms with Crippen molar-refractivity contribution in [1.82, 2.24) is 0 Å². The van der Waals surface area contributed by atoms with Crippen molar-refractivity contribution >= 4 is 23.2 Å². The molecule has 3 nitrogen and oxygen atoms in total. The van der Waals surface area contributed by atoms with Gasteiger partial charge in [0.15, 0.2) is 6.10 Å². The second-order valence-corrected chi connectivity index (χ2v) is 6.07. The molecule has 4 heteroatoms. The molecule has 0 saturated heterocycles. The standard InChI is InChI=1S/C19H22ClNO2/c1-5-18(23-15-9-10-16(20)13(3)11-15)19(22)21-17-8-6-7-12(2)14(17)4/h6-11,18H,5H2,1-4H3,(H,21,22)/t18-/m1/s1. The van der Waals surface area contributed by atoms with Crippen LogP contribution in [-0.4, -0.2) is 12.0 Å². The van der Waals surface area contributed by atoms with Gasteiger partial charge in [-0.05, 0) is 68.1 Å². The van der Waals surface area contributed by atoms with Gasteiger partial charge in [0.25, 0.3) is 5.91 Å². The predicted octanol–water partition coefficient (Wildman–Crippen LogP) is 5.06. The van der Waals surface area contributed by atoms with Crippen molar-refractivity contribution in [3.8, 4) is 5.75 Å². The molecule has 0 aliphatic rings. The Morgan fingerprint density at radius 2 is 1.91 bits per heavy atom. The zero-order chi connectivity index (χ0) is 17.0. The number of halogens is 1. The first-order valence-corrected chi connectivity index (χ1v) is 8.10. The fourth-order valence-corrected chi connectivity index (χ4v) is 2.39. The molecule has 2 rings (SSSR count). The van der Waals surface area contributed by atoms with Crippen LogP contribution in [0.5, 0.6) is 5.75 Å². The van der Waals surface area contributed by atoms with Gasteiger partial charge in [-0.25, -0.2) is 0 Å². The zero-order valence-electron chi connectivity index (χ0n) is 13.9. The summed E-state index contributed by atoms with van der Waals surface area (Å²) in [5.74, 6) is 0.503. The molecule has 1 amide bonds. The van der Waals surface area contributed by atoms with Gasteiger partial charge in [0, 0.05) is 10.7 Å². The first-order valence-electron chi connectivity index (χ1n) is 7.72. The highest BCUT2D eigenvalue weighted by Gasteiger charge is 2.19. The largest absolute Gasteiger partial charge is 0.481 e. The summed E-state index contributed by atoms with van der Waals surface area (Å²) in [6, 6.07) is 11.3. The lowest BCUT2D eigenvalue weighted by Gasteiger charge is -2.19. The van der Waals surface area contributed by atoms with Crippen LogP contribution < -0.4 is 10.1 Å².